The van der Waals surface area contributed by atoms with E-state index in [1.54, 1.807) is 0 Å². The van der Waals surface area contributed by atoms with Crippen LogP contribution in [-0.2, 0) is 0 Å². The molecule has 0 saturated carbocycles. The molecule has 0 amide bonds. The van der Waals surface area contributed by atoms with Gasteiger partial charge >= 0.3 is 4.53 Å². The topological polar surface area (TPSA) is 0 Å². The van der Waals surface area contributed by atoms with Crippen molar-refractivity contribution in [2.24, 2.45) is 0 Å². The minimum absolute atomic E-state index is 0.498. The molecule has 0 fully saturated rings. The number of rotatable bonds is 8. The lowest BCUT2D eigenvalue weighted by Gasteiger charge is -2.45. The fourth-order valence-electron chi connectivity index (χ4n) is 1.45. The molecule has 0 aliphatic rings. The minimum atomic E-state index is -1.84. The Morgan fingerprint density at radius 3 is 1.80 bits per heavy atom. The van der Waals surface area contributed by atoms with E-state index in [2.05, 4.69) is 6.92 Å². The van der Waals surface area contributed by atoms with Crippen LogP contribution in [0.5, 0.6) is 0 Å². The van der Waals surface area contributed by atoms with Crippen molar-refractivity contribution in [2.75, 3.05) is 20.6 Å². The second-order valence-electron chi connectivity index (χ2n) is 4.81. The van der Waals surface area contributed by atoms with Gasteiger partial charge in [0.05, 0.1) is 0 Å². The van der Waals surface area contributed by atoms with E-state index >= 15 is 0 Å². The van der Waals surface area contributed by atoms with E-state index in [9.17, 15) is 0 Å². The fourth-order valence-corrected chi connectivity index (χ4v) is 1.74. The van der Waals surface area contributed by atoms with Gasteiger partial charge in [0.1, 0.15) is 0 Å². The average molecular weight is 274 g/mol. The molecule has 0 radical (unpaired) electrons. The molecule has 5 heteroatoms. The van der Waals surface area contributed by atoms with Gasteiger partial charge in [0.25, 0.3) is 0 Å². The summed E-state index contributed by atoms with van der Waals surface area (Å²) in [6.07, 6.45) is 7.67. The summed E-state index contributed by atoms with van der Waals surface area (Å²) in [6, 6.07) is 0. The van der Waals surface area contributed by atoms with E-state index in [4.69, 9.17) is 34.4 Å². The zero-order valence-electron chi connectivity index (χ0n) is 10.1. The zero-order valence-corrected chi connectivity index (χ0v) is 12.4. The third kappa shape index (κ3) is 6.94. The van der Waals surface area contributed by atoms with Gasteiger partial charge in [0, 0.05) is 20.6 Å². The Hall–Kier alpha value is 0.895. The number of nitrogens with zero attached hydrogens (tertiary/aromatic N) is 1. The Morgan fingerprint density at radius 1 is 0.867 bits per heavy atom. The highest BCUT2D eigenvalue weighted by atomic mass is 35.6. The number of quaternary nitrogens is 1. The van der Waals surface area contributed by atoms with Crippen molar-refractivity contribution < 1.29 is 4.39 Å². The molecule has 92 valence electrons. The third-order valence-corrected chi connectivity index (χ3v) is 4.47. The van der Waals surface area contributed by atoms with Crippen LogP contribution in [-0.4, -0.2) is 29.6 Å². The normalized spacial score (nSPS) is 13.2. The second-order valence-corrected chi connectivity index (χ2v) is 7.38. The van der Waals surface area contributed by atoms with E-state index < -0.39 is 4.53 Å². The first-order chi connectivity index (χ1) is 6.81. The predicted molar refractivity (Wildman–Crippen MR) is 73.7 cm³/mol. The summed E-state index contributed by atoms with van der Waals surface area (Å²) in [5, 5.41) is 0. The largest absolute Gasteiger partial charge is 0.479 e. The van der Waals surface area contributed by atoms with E-state index in [-0.39, 0.29) is 0 Å². The highest BCUT2D eigenvalue weighted by molar-refractivity contribution is 7.61. The molecule has 1 nitrogen and oxygen atoms in total. The van der Waals surface area contributed by atoms with Gasteiger partial charge in [-0.05, 0) is 12.8 Å². The Kier molecular flexibility index (Phi) is 7.70. The molecule has 0 spiro atoms. The van der Waals surface area contributed by atoms with Crippen molar-refractivity contribution in [3.8, 4) is 0 Å². The van der Waals surface area contributed by atoms with Gasteiger partial charge in [-0.15, -0.1) is 0 Å². The lowest BCUT2D eigenvalue weighted by molar-refractivity contribution is -0.782. The Morgan fingerprint density at radius 2 is 1.33 bits per heavy atom. The van der Waals surface area contributed by atoms with Crippen LogP contribution in [0.1, 0.15) is 45.4 Å². The molecule has 15 heavy (non-hydrogen) atoms. The standard InChI is InChI=1S/C10H23BCl3N/c1-4-5-6-7-8-9-10-15(2,3)11(12,13)14/h4-10H2,1-3H3. The maximum atomic E-state index is 5.95. The Balaban J connectivity index is 3.58. The lowest BCUT2D eigenvalue weighted by atomic mass is 10.1. The van der Waals surface area contributed by atoms with Gasteiger partial charge in [-0.3, -0.25) is 34.4 Å². The highest BCUT2D eigenvalue weighted by Gasteiger charge is 2.34. The molecule has 0 aromatic carbocycles. The van der Waals surface area contributed by atoms with Crippen LogP contribution in [0.25, 0.3) is 0 Å². The van der Waals surface area contributed by atoms with Crippen molar-refractivity contribution in [3.05, 3.63) is 0 Å². The molecule has 0 heterocycles. The molecular formula is C10H23BCl3N. The summed E-state index contributed by atoms with van der Waals surface area (Å²) in [5.41, 5.74) is 0. The molecule has 0 rings (SSSR count). The van der Waals surface area contributed by atoms with Crippen LogP contribution < -0.4 is 0 Å². The smallest absolute Gasteiger partial charge is 0.462 e. The predicted octanol–water partition coefficient (Wildman–Crippen LogP) is 4.58. The quantitative estimate of drug-likeness (QED) is 0.449. The summed E-state index contributed by atoms with van der Waals surface area (Å²) in [4.78, 5) is 0. The van der Waals surface area contributed by atoms with Gasteiger partial charge < -0.3 is 4.39 Å². The monoisotopic (exact) mass is 273 g/mol. The van der Waals surface area contributed by atoms with Crippen LogP contribution in [0.3, 0.4) is 0 Å². The van der Waals surface area contributed by atoms with E-state index in [0.29, 0.717) is 4.39 Å². The molecule has 0 aromatic rings. The van der Waals surface area contributed by atoms with Gasteiger partial charge in [-0.2, -0.15) is 0 Å². The maximum absolute atomic E-state index is 5.95. The molecule has 0 N–H and O–H groups in total. The van der Waals surface area contributed by atoms with Crippen molar-refractivity contribution >= 4 is 38.9 Å². The Bertz CT molecular complexity index is 169. The number of unbranched alkanes of at least 4 members (excludes halogenated alkanes) is 5. The molecular weight excluding hydrogens is 251 g/mol. The van der Waals surface area contributed by atoms with Crippen molar-refractivity contribution in [1.29, 1.82) is 0 Å². The first kappa shape index (κ1) is 15.9. The van der Waals surface area contributed by atoms with E-state index in [0.717, 1.165) is 13.0 Å². The first-order valence-corrected chi connectivity index (χ1v) is 7.14. The van der Waals surface area contributed by atoms with Crippen LogP contribution in [0, 0.1) is 0 Å². The van der Waals surface area contributed by atoms with Gasteiger partial charge in [0.2, 0.25) is 0 Å². The molecule has 0 aromatic heterocycles. The summed E-state index contributed by atoms with van der Waals surface area (Å²) < 4.78 is -1.34. The molecule has 0 aliphatic heterocycles. The highest BCUT2D eigenvalue weighted by Crippen LogP contribution is 2.29. The lowest BCUT2D eigenvalue weighted by Crippen LogP contribution is -2.54. The van der Waals surface area contributed by atoms with Crippen molar-refractivity contribution in [1.82, 2.24) is 0 Å². The SMILES string of the molecule is CCCCCCCC[N+](C)(C)[B-](Cl)(Cl)Cl. The summed E-state index contributed by atoms with van der Waals surface area (Å²) in [6.45, 7) is 3.17. The van der Waals surface area contributed by atoms with E-state index in [1.165, 1.54) is 32.1 Å². The third-order valence-electron chi connectivity index (χ3n) is 2.88. The molecule has 0 aliphatic carbocycles. The van der Waals surface area contributed by atoms with Crippen LogP contribution in [0.15, 0.2) is 0 Å². The van der Waals surface area contributed by atoms with E-state index in [1.807, 2.05) is 14.1 Å². The second kappa shape index (κ2) is 7.27. The number of hydrogen-bond acceptors (Lipinski definition) is 0. The Labute approximate surface area is 109 Å². The average Bonchev–Trinajstić information content (AvgIpc) is 2.09. The van der Waals surface area contributed by atoms with Crippen LogP contribution >= 0.6 is 34.4 Å². The van der Waals surface area contributed by atoms with Gasteiger partial charge in [0.15, 0.2) is 0 Å². The van der Waals surface area contributed by atoms with Gasteiger partial charge in [-0.1, -0.05) is 32.6 Å². The van der Waals surface area contributed by atoms with Crippen molar-refractivity contribution in [2.45, 2.75) is 45.4 Å². The molecule has 0 atom stereocenters. The minimum Gasteiger partial charge on any atom is -0.479 e. The summed E-state index contributed by atoms with van der Waals surface area (Å²) in [5.74, 6) is 0. The zero-order chi connectivity index (χ0) is 11.9. The van der Waals surface area contributed by atoms with Crippen LogP contribution in [0.4, 0.5) is 0 Å². The fraction of sp³-hybridized carbons (Fsp3) is 1.00. The summed E-state index contributed by atoms with van der Waals surface area (Å²) >= 11 is 17.9. The molecule has 0 bridgehead atoms. The molecule has 0 unspecified atom stereocenters. The van der Waals surface area contributed by atoms with Crippen LogP contribution in [0.2, 0.25) is 0 Å². The van der Waals surface area contributed by atoms with Gasteiger partial charge in [-0.25, -0.2) is 0 Å². The molecule has 0 saturated heterocycles. The number of halogens is 3. The maximum Gasteiger partial charge on any atom is 0.462 e. The van der Waals surface area contributed by atoms with Crippen molar-refractivity contribution in [3.63, 3.8) is 0 Å². The first-order valence-electron chi connectivity index (χ1n) is 5.83. The number of hydrogen-bond donors (Lipinski definition) is 0. The summed E-state index contributed by atoms with van der Waals surface area (Å²) in [7, 11) is 3.97.